The first kappa shape index (κ1) is 36.8. The lowest BCUT2D eigenvalue weighted by Crippen LogP contribution is -2.49. The molecule has 2 N–H and O–H groups in total. The van der Waals surface area contributed by atoms with Gasteiger partial charge in [-0.15, -0.1) is 0 Å². The maximum Gasteiger partial charge on any atom is 0.494 e. The molecule has 50 heavy (non-hydrogen) atoms. The largest absolute Gasteiger partial charge is 0.494 e. The molecule has 0 radical (unpaired) electrons. The third kappa shape index (κ3) is 6.48. The Hall–Kier alpha value is -2.98. The van der Waals surface area contributed by atoms with Gasteiger partial charge in [0.25, 0.3) is 15.9 Å². The molecule has 268 valence electrons. The predicted octanol–water partition coefficient (Wildman–Crippen LogP) is 4.17. The Morgan fingerprint density at radius 1 is 1.06 bits per heavy atom. The van der Waals surface area contributed by atoms with Crippen LogP contribution in [0.2, 0.25) is 10.0 Å². The molecule has 2 saturated heterocycles. The first-order valence-electron chi connectivity index (χ1n) is 16.5. The van der Waals surface area contributed by atoms with E-state index >= 15 is 0 Å². The van der Waals surface area contributed by atoms with Crippen LogP contribution in [0, 0.1) is 0 Å². The molecule has 1 aromatic heterocycles. The van der Waals surface area contributed by atoms with E-state index < -0.39 is 57.3 Å². The molecular formula is C34H42BCl2N5O7S. The van der Waals surface area contributed by atoms with Crippen molar-refractivity contribution in [3.8, 4) is 0 Å². The fourth-order valence-electron chi connectivity index (χ4n) is 6.61. The highest BCUT2D eigenvalue weighted by Gasteiger charge is 2.54. The van der Waals surface area contributed by atoms with Crippen molar-refractivity contribution in [3.63, 3.8) is 0 Å². The van der Waals surface area contributed by atoms with E-state index in [4.69, 9.17) is 32.5 Å². The summed E-state index contributed by atoms with van der Waals surface area (Å²) in [6.07, 6.45) is 2.08. The number of sulfonamides is 1. The van der Waals surface area contributed by atoms with Crippen molar-refractivity contribution in [2.45, 2.75) is 101 Å². The average molecular weight is 747 g/mol. The first-order chi connectivity index (χ1) is 23.1. The summed E-state index contributed by atoms with van der Waals surface area (Å²) >= 11 is 12.7. The molecule has 4 heterocycles. The maximum atomic E-state index is 14.6. The van der Waals surface area contributed by atoms with Gasteiger partial charge in [-0.1, -0.05) is 47.5 Å². The molecule has 0 spiro atoms. The quantitative estimate of drug-likeness (QED) is 0.311. The monoisotopic (exact) mass is 745 g/mol. The smallest absolute Gasteiger partial charge is 0.399 e. The van der Waals surface area contributed by atoms with Gasteiger partial charge in [-0.3, -0.25) is 14.2 Å². The summed E-state index contributed by atoms with van der Waals surface area (Å²) in [5, 5.41) is 13.2. The van der Waals surface area contributed by atoms with E-state index in [0.29, 0.717) is 18.5 Å². The zero-order valence-corrected chi connectivity index (χ0v) is 31.5. The number of amides is 2. The van der Waals surface area contributed by atoms with Crippen LogP contribution in [0.3, 0.4) is 0 Å². The summed E-state index contributed by atoms with van der Waals surface area (Å²) < 4.78 is 44.0. The maximum absolute atomic E-state index is 14.6. The first-order valence-corrected chi connectivity index (χ1v) is 18.7. The van der Waals surface area contributed by atoms with Crippen molar-refractivity contribution >= 4 is 69.3 Å². The van der Waals surface area contributed by atoms with Crippen molar-refractivity contribution in [1.29, 1.82) is 0 Å². The topological polar surface area (TPSA) is 143 Å². The van der Waals surface area contributed by atoms with Crippen molar-refractivity contribution < 1.29 is 32.4 Å². The van der Waals surface area contributed by atoms with Gasteiger partial charge < -0.3 is 19.7 Å². The van der Waals surface area contributed by atoms with Crippen molar-refractivity contribution in [2.24, 2.45) is 0 Å². The number of rotatable bonds is 9. The summed E-state index contributed by atoms with van der Waals surface area (Å²) in [7, 11) is -4.95. The van der Waals surface area contributed by atoms with Crippen LogP contribution < -0.4 is 15.7 Å². The van der Waals surface area contributed by atoms with Crippen LogP contribution in [-0.4, -0.2) is 82.2 Å². The number of hydrogen-bond donors (Lipinski definition) is 2. The Morgan fingerprint density at radius 3 is 2.24 bits per heavy atom. The molecule has 3 aliphatic rings. The van der Waals surface area contributed by atoms with E-state index in [2.05, 4.69) is 10.3 Å². The molecule has 2 unspecified atom stereocenters. The normalized spacial score (nSPS) is 23.5. The molecule has 0 saturated carbocycles. The van der Waals surface area contributed by atoms with Crippen molar-refractivity contribution in [3.05, 3.63) is 64.3 Å². The second kappa shape index (κ2) is 12.6. The van der Waals surface area contributed by atoms with Gasteiger partial charge in [0.05, 0.1) is 28.7 Å². The minimum Gasteiger partial charge on any atom is -0.399 e. The number of benzene rings is 2. The molecule has 2 amide bonds. The van der Waals surface area contributed by atoms with Gasteiger partial charge >= 0.3 is 7.12 Å². The van der Waals surface area contributed by atoms with Crippen LogP contribution in [-0.2, 0) is 40.9 Å². The zero-order valence-electron chi connectivity index (χ0n) is 29.2. The summed E-state index contributed by atoms with van der Waals surface area (Å²) in [4.78, 5) is 33.6. The van der Waals surface area contributed by atoms with E-state index in [9.17, 15) is 23.1 Å². The van der Waals surface area contributed by atoms with Crippen LogP contribution in [0.4, 0.5) is 11.6 Å². The van der Waals surface area contributed by atoms with Gasteiger partial charge in [0, 0.05) is 29.6 Å². The standard InChI is InChI=1S/C34H42BCl2N5O7S/c1-31(2,45)20-39-28(43)26-9-8-14-40(26)50(46,47)27-19-38-30-41(25-16-23(36)15-24(37)17-25)29(44)34(7,42(27)30)18-21-10-12-22(13-11-21)35-48-32(3,4)33(5,6)49-35/h10-13,15-17,19,26,45H,8-9,14,18,20H2,1-7H3,(H,39,43). The molecule has 3 aliphatic heterocycles. The van der Waals surface area contributed by atoms with E-state index in [1.165, 1.54) is 21.7 Å². The Kier molecular flexibility index (Phi) is 9.28. The molecule has 0 aliphatic carbocycles. The van der Waals surface area contributed by atoms with Crippen LogP contribution in [0.25, 0.3) is 0 Å². The number of carbonyl (C=O) groups is 2. The number of fused-ring (bicyclic) bond motifs is 1. The second-order valence-corrected chi connectivity index (χ2v) is 17.8. The summed E-state index contributed by atoms with van der Waals surface area (Å²) in [5.74, 6) is -0.873. The Labute approximate surface area is 303 Å². The van der Waals surface area contributed by atoms with Crippen LogP contribution in [0.5, 0.6) is 0 Å². The number of nitrogens with one attached hydrogen (secondary N) is 1. The van der Waals surface area contributed by atoms with Crippen LogP contribution >= 0.6 is 23.2 Å². The van der Waals surface area contributed by atoms with Gasteiger partial charge in [0.2, 0.25) is 11.9 Å². The highest BCUT2D eigenvalue weighted by Crippen LogP contribution is 2.45. The highest BCUT2D eigenvalue weighted by atomic mass is 35.5. The Bertz CT molecular complexity index is 1910. The lowest BCUT2D eigenvalue weighted by atomic mass is 9.78. The van der Waals surface area contributed by atoms with Gasteiger partial charge in [-0.2, -0.15) is 4.31 Å². The summed E-state index contributed by atoms with van der Waals surface area (Å²) in [5.41, 5.74) is -1.81. The SMILES string of the molecule is CC(C)(O)CNC(=O)C1CCCN1S(=O)(=O)c1cnc2n1C(C)(Cc1ccc(B3OC(C)(C)C(C)(C)O3)cc1)C(=O)N2c1cc(Cl)cc(Cl)c1. The summed E-state index contributed by atoms with van der Waals surface area (Å²) in [6, 6.07) is 11.2. The molecule has 6 rings (SSSR count). The number of anilines is 2. The fourth-order valence-corrected chi connectivity index (χ4v) is 8.97. The minimum absolute atomic E-state index is 0.0463. The van der Waals surface area contributed by atoms with Crippen molar-refractivity contribution in [2.75, 3.05) is 18.0 Å². The lowest BCUT2D eigenvalue weighted by molar-refractivity contribution is -0.125. The van der Waals surface area contributed by atoms with Gasteiger partial charge in [-0.05, 0) is 90.5 Å². The van der Waals surface area contributed by atoms with Crippen LogP contribution in [0.1, 0.15) is 66.9 Å². The number of aromatic nitrogens is 2. The molecule has 3 aromatic rings. The Morgan fingerprint density at radius 2 is 1.66 bits per heavy atom. The van der Waals surface area contributed by atoms with Gasteiger partial charge in [0.1, 0.15) is 11.6 Å². The van der Waals surface area contributed by atoms with E-state index in [0.717, 1.165) is 15.3 Å². The third-order valence-corrected chi connectivity index (χ3v) is 12.3. The second-order valence-electron chi connectivity index (χ2n) is 15.1. The van der Waals surface area contributed by atoms with Gasteiger partial charge in [-0.25, -0.2) is 18.3 Å². The number of aliphatic hydroxyl groups is 1. The molecule has 16 heteroatoms. The minimum atomic E-state index is -4.37. The number of halogens is 2. The number of imidazole rings is 1. The van der Waals surface area contributed by atoms with Crippen LogP contribution in [0.15, 0.2) is 53.7 Å². The number of nitrogens with zero attached hydrogens (tertiary/aromatic N) is 4. The van der Waals surface area contributed by atoms with Gasteiger partial charge in [0.15, 0.2) is 5.03 Å². The molecular weight excluding hydrogens is 704 g/mol. The summed E-state index contributed by atoms with van der Waals surface area (Å²) in [6.45, 7) is 12.7. The number of carbonyl (C=O) groups excluding carboxylic acids is 2. The molecule has 2 fully saturated rings. The van der Waals surface area contributed by atoms with E-state index in [1.807, 2.05) is 52.0 Å². The molecule has 0 bridgehead atoms. The third-order valence-electron chi connectivity index (χ3n) is 10.0. The molecule has 2 atom stereocenters. The van der Waals surface area contributed by atoms with E-state index in [-0.39, 0.29) is 40.5 Å². The Balaban J connectivity index is 1.39. The van der Waals surface area contributed by atoms with Crippen molar-refractivity contribution in [1.82, 2.24) is 19.2 Å². The van der Waals surface area contributed by atoms with E-state index in [1.54, 1.807) is 32.9 Å². The highest BCUT2D eigenvalue weighted by molar-refractivity contribution is 7.89. The predicted molar refractivity (Wildman–Crippen MR) is 192 cm³/mol. The lowest BCUT2D eigenvalue weighted by Gasteiger charge is -2.32. The zero-order chi connectivity index (χ0) is 36.6. The molecule has 12 nitrogen and oxygen atoms in total. The molecule has 2 aromatic carbocycles. The average Bonchev–Trinajstić information content (AvgIpc) is 3.76. The number of hydrogen-bond acceptors (Lipinski definition) is 8. The fraction of sp³-hybridized carbons (Fsp3) is 0.500.